The molecule has 0 radical (unpaired) electrons. The van der Waals surface area contributed by atoms with E-state index in [-0.39, 0.29) is 45.4 Å². The minimum Gasteiger partial charge on any atom is -0.494 e. The van der Waals surface area contributed by atoms with Gasteiger partial charge in [-0.1, -0.05) is 11.6 Å². The number of methoxy groups -OCH3 is 1. The van der Waals surface area contributed by atoms with Crippen molar-refractivity contribution in [2.45, 2.75) is 37.0 Å². The predicted octanol–water partition coefficient (Wildman–Crippen LogP) is 3.56. The fourth-order valence-electron chi connectivity index (χ4n) is 5.50. The van der Waals surface area contributed by atoms with Crippen LogP contribution >= 0.6 is 11.6 Å². The van der Waals surface area contributed by atoms with Gasteiger partial charge >= 0.3 is 0 Å². The van der Waals surface area contributed by atoms with Crippen molar-refractivity contribution in [1.82, 2.24) is 24.5 Å². The molecular formula is C29H33ClF2N6O5S. The van der Waals surface area contributed by atoms with Gasteiger partial charge in [-0.05, 0) is 62.6 Å². The summed E-state index contributed by atoms with van der Waals surface area (Å²) in [5.74, 6) is -3.52. The summed E-state index contributed by atoms with van der Waals surface area (Å²) >= 11 is 6.44. The van der Waals surface area contributed by atoms with Crippen LogP contribution in [-0.2, 0) is 17.1 Å². The molecule has 5 rings (SSSR count). The standard InChI is InChI=1S/C29H33ClF2N6O5S/c1-37-23(21-7-8-24(43-2)26(32)25(21)31)16-34-27(37)28(39)35-18-5-6-20(22(30)14-18)29(40)38-12-9-17(10-13-38)36-44(41,42)19-4-3-11-33-15-19/h5-8,14,16-17,19,33,36H,3-4,9-13,15H2,1-2H3,(H,35,39). The van der Waals surface area contributed by atoms with Gasteiger partial charge in [0, 0.05) is 44.0 Å². The van der Waals surface area contributed by atoms with E-state index in [9.17, 15) is 26.8 Å². The summed E-state index contributed by atoms with van der Waals surface area (Å²) in [6, 6.07) is 6.84. The Labute approximate surface area is 259 Å². The number of benzene rings is 2. The van der Waals surface area contributed by atoms with E-state index in [0.29, 0.717) is 44.6 Å². The van der Waals surface area contributed by atoms with Crippen LogP contribution in [0.5, 0.6) is 5.75 Å². The highest BCUT2D eigenvalue weighted by Crippen LogP contribution is 2.30. The molecule has 2 amide bonds. The van der Waals surface area contributed by atoms with Crippen LogP contribution in [0.4, 0.5) is 14.5 Å². The number of likely N-dealkylation sites (tertiary alicyclic amines) is 1. The Hall–Kier alpha value is -3.59. The number of nitrogens with one attached hydrogen (secondary N) is 3. The number of nitrogens with zero attached hydrogens (tertiary/aromatic N) is 3. The van der Waals surface area contributed by atoms with Gasteiger partial charge in [-0.15, -0.1) is 0 Å². The fourth-order valence-corrected chi connectivity index (χ4v) is 7.46. The molecule has 2 aromatic carbocycles. The second kappa shape index (κ2) is 13.2. The van der Waals surface area contributed by atoms with Crippen LogP contribution in [0.15, 0.2) is 36.5 Å². The van der Waals surface area contributed by atoms with Gasteiger partial charge in [-0.25, -0.2) is 22.5 Å². The number of imidazole rings is 1. The van der Waals surface area contributed by atoms with E-state index in [1.165, 1.54) is 55.3 Å². The highest BCUT2D eigenvalue weighted by Gasteiger charge is 2.32. The van der Waals surface area contributed by atoms with E-state index in [4.69, 9.17) is 16.3 Å². The van der Waals surface area contributed by atoms with Gasteiger partial charge in [-0.3, -0.25) is 9.59 Å². The minimum absolute atomic E-state index is 0.0647. The Morgan fingerprint density at radius 2 is 1.86 bits per heavy atom. The van der Waals surface area contributed by atoms with Gasteiger partial charge < -0.3 is 24.8 Å². The first-order chi connectivity index (χ1) is 21.0. The summed E-state index contributed by atoms with van der Waals surface area (Å²) in [5, 5.41) is 5.46. The maximum absolute atomic E-state index is 14.6. The molecule has 15 heteroatoms. The minimum atomic E-state index is -3.45. The number of hydrogen-bond donors (Lipinski definition) is 3. The lowest BCUT2D eigenvalue weighted by Crippen LogP contribution is -2.51. The number of aromatic nitrogens is 2. The molecule has 3 aromatic rings. The lowest BCUT2D eigenvalue weighted by atomic mass is 10.0. The monoisotopic (exact) mass is 650 g/mol. The molecule has 44 heavy (non-hydrogen) atoms. The van der Waals surface area contributed by atoms with E-state index in [1.54, 1.807) is 4.90 Å². The van der Waals surface area contributed by atoms with Crippen LogP contribution in [0.2, 0.25) is 5.02 Å². The number of carbonyl (C=O) groups is 2. The van der Waals surface area contributed by atoms with E-state index in [1.807, 2.05) is 0 Å². The number of amides is 2. The van der Waals surface area contributed by atoms with Crippen LogP contribution in [-0.4, -0.2) is 79.3 Å². The van der Waals surface area contributed by atoms with Crippen LogP contribution in [0.3, 0.4) is 0 Å². The Balaban J connectivity index is 1.20. The second-order valence-corrected chi connectivity index (χ2v) is 13.2. The van der Waals surface area contributed by atoms with Gasteiger partial charge in [0.2, 0.25) is 15.8 Å². The average molecular weight is 651 g/mol. The molecule has 0 saturated carbocycles. The predicted molar refractivity (Wildman–Crippen MR) is 161 cm³/mol. The van der Waals surface area contributed by atoms with Gasteiger partial charge in [-0.2, -0.15) is 4.39 Å². The summed E-state index contributed by atoms with van der Waals surface area (Å²) < 4.78 is 63.3. The molecule has 0 bridgehead atoms. The molecule has 0 aliphatic carbocycles. The zero-order valence-electron chi connectivity index (χ0n) is 24.2. The Kier molecular flexibility index (Phi) is 9.53. The molecule has 1 unspecified atom stereocenters. The summed E-state index contributed by atoms with van der Waals surface area (Å²) in [7, 11) is -0.727. The molecule has 3 N–H and O–H groups in total. The van der Waals surface area contributed by atoms with Gasteiger partial charge in [0.25, 0.3) is 11.8 Å². The normalized spacial score (nSPS) is 17.8. The number of hydrogen-bond acceptors (Lipinski definition) is 7. The molecule has 11 nitrogen and oxygen atoms in total. The number of halogens is 3. The molecular weight excluding hydrogens is 618 g/mol. The third kappa shape index (κ3) is 6.58. The van der Waals surface area contributed by atoms with Crippen molar-refractivity contribution < 1.29 is 31.5 Å². The van der Waals surface area contributed by atoms with Crippen molar-refractivity contribution in [3.05, 3.63) is 64.6 Å². The van der Waals surface area contributed by atoms with Crippen LogP contribution in [0, 0.1) is 11.6 Å². The molecule has 2 aliphatic heterocycles. The summed E-state index contributed by atoms with van der Waals surface area (Å²) in [4.78, 5) is 31.9. The van der Waals surface area contributed by atoms with E-state index >= 15 is 0 Å². The molecule has 3 heterocycles. The van der Waals surface area contributed by atoms with Gasteiger partial charge in [0.15, 0.2) is 17.4 Å². The van der Waals surface area contributed by atoms with Gasteiger partial charge in [0.05, 0.1) is 34.8 Å². The zero-order valence-corrected chi connectivity index (χ0v) is 25.8. The third-order valence-corrected chi connectivity index (χ3v) is 10.2. The number of piperidine rings is 2. The first-order valence-electron chi connectivity index (χ1n) is 14.2. The number of carbonyl (C=O) groups excluding carboxylic acids is 2. The number of sulfonamides is 1. The summed E-state index contributed by atoms with van der Waals surface area (Å²) in [5.41, 5.74) is 0.628. The van der Waals surface area contributed by atoms with Crippen molar-refractivity contribution >= 4 is 39.1 Å². The van der Waals surface area contributed by atoms with Crippen molar-refractivity contribution in [3.63, 3.8) is 0 Å². The quantitative estimate of drug-likeness (QED) is 0.339. The van der Waals surface area contributed by atoms with Crippen LogP contribution < -0.4 is 20.1 Å². The molecule has 2 fully saturated rings. The van der Waals surface area contributed by atoms with Crippen molar-refractivity contribution in [2.24, 2.45) is 7.05 Å². The largest absolute Gasteiger partial charge is 0.494 e. The zero-order chi connectivity index (χ0) is 31.6. The first kappa shape index (κ1) is 31.8. The maximum Gasteiger partial charge on any atom is 0.291 e. The SMILES string of the molecule is COc1ccc(-c2cnc(C(=O)Nc3ccc(C(=O)N4CCC(NS(=O)(=O)C5CCCNC5)CC4)c(Cl)c3)n2C)c(F)c1F. The van der Waals surface area contributed by atoms with Crippen molar-refractivity contribution in [1.29, 1.82) is 0 Å². The molecule has 2 aliphatic rings. The molecule has 236 valence electrons. The topological polar surface area (TPSA) is 135 Å². The van der Waals surface area contributed by atoms with Crippen molar-refractivity contribution in [2.75, 3.05) is 38.6 Å². The third-order valence-electron chi connectivity index (χ3n) is 7.99. The first-order valence-corrected chi connectivity index (χ1v) is 16.1. The second-order valence-electron chi connectivity index (χ2n) is 10.8. The van der Waals surface area contributed by atoms with Crippen LogP contribution in [0.25, 0.3) is 11.3 Å². The smallest absolute Gasteiger partial charge is 0.291 e. The highest BCUT2D eigenvalue weighted by molar-refractivity contribution is 7.90. The average Bonchev–Trinajstić information content (AvgIpc) is 3.40. The summed E-state index contributed by atoms with van der Waals surface area (Å²) in [6.45, 7) is 1.99. The Morgan fingerprint density at radius 3 is 2.52 bits per heavy atom. The summed E-state index contributed by atoms with van der Waals surface area (Å²) in [6.07, 6.45) is 3.67. The van der Waals surface area contributed by atoms with E-state index in [0.717, 1.165) is 13.0 Å². The molecule has 2 saturated heterocycles. The van der Waals surface area contributed by atoms with Crippen molar-refractivity contribution in [3.8, 4) is 17.0 Å². The number of rotatable bonds is 8. The number of ether oxygens (including phenoxy) is 1. The highest BCUT2D eigenvalue weighted by atomic mass is 35.5. The Morgan fingerprint density at radius 1 is 1.11 bits per heavy atom. The van der Waals surface area contributed by atoms with Gasteiger partial charge in [0.1, 0.15) is 0 Å². The number of anilines is 1. The fraction of sp³-hybridized carbons (Fsp3) is 0.414. The lowest BCUT2D eigenvalue weighted by molar-refractivity contribution is 0.0711. The lowest BCUT2D eigenvalue weighted by Gasteiger charge is -2.33. The maximum atomic E-state index is 14.6. The molecule has 1 aromatic heterocycles. The van der Waals surface area contributed by atoms with E-state index < -0.39 is 32.8 Å². The van der Waals surface area contributed by atoms with E-state index in [2.05, 4.69) is 20.3 Å². The Bertz CT molecular complexity index is 1670. The molecule has 1 atom stereocenters. The molecule has 0 spiro atoms. The van der Waals surface area contributed by atoms with Crippen LogP contribution in [0.1, 0.15) is 46.7 Å².